The average Bonchev–Trinajstić information content (AvgIpc) is 2.24. The van der Waals surface area contributed by atoms with Gasteiger partial charge in [-0.2, -0.15) is 0 Å². The summed E-state index contributed by atoms with van der Waals surface area (Å²) in [5, 5.41) is 1.08. The molecule has 1 aromatic rings. The standard InChI is InChI=1S/C13H15Cl2NO2/c14-10-4-5-12(11(15)9-10)18-8-1-3-13(17)16-6-2-7-16/h4-5,9H,1-3,6-8H2. The molecule has 1 amide bonds. The van der Waals surface area contributed by atoms with Gasteiger partial charge in [-0.05, 0) is 31.0 Å². The predicted molar refractivity (Wildman–Crippen MR) is 72.4 cm³/mol. The summed E-state index contributed by atoms with van der Waals surface area (Å²) >= 11 is 11.8. The maximum atomic E-state index is 11.6. The van der Waals surface area contributed by atoms with Crippen LogP contribution in [0.25, 0.3) is 0 Å². The lowest BCUT2D eigenvalue weighted by molar-refractivity contribution is -0.134. The van der Waals surface area contributed by atoms with Gasteiger partial charge >= 0.3 is 0 Å². The van der Waals surface area contributed by atoms with E-state index in [4.69, 9.17) is 27.9 Å². The van der Waals surface area contributed by atoms with Gasteiger partial charge in [-0.1, -0.05) is 23.2 Å². The second kappa shape index (κ2) is 6.30. The minimum absolute atomic E-state index is 0.215. The number of carbonyl (C=O) groups excluding carboxylic acids is 1. The van der Waals surface area contributed by atoms with Crippen LogP contribution < -0.4 is 4.74 Å². The van der Waals surface area contributed by atoms with E-state index in [1.165, 1.54) is 0 Å². The Bertz CT molecular complexity index is 433. The third kappa shape index (κ3) is 3.53. The SMILES string of the molecule is O=C(CCCOc1ccc(Cl)cc1Cl)N1CCC1. The van der Waals surface area contributed by atoms with Crippen molar-refractivity contribution in [1.82, 2.24) is 4.90 Å². The van der Waals surface area contributed by atoms with Gasteiger partial charge in [-0.15, -0.1) is 0 Å². The minimum atomic E-state index is 0.215. The number of nitrogens with zero attached hydrogens (tertiary/aromatic N) is 1. The molecule has 5 heteroatoms. The number of rotatable bonds is 5. The van der Waals surface area contributed by atoms with E-state index in [0.29, 0.717) is 35.2 Å². The lowest BCUT2D eigenvalue weighted by Gasteiger charge is -2.30. The van der Waals surface area contributed by atoms with Crippen molar-refractivity contribution in [3.05, 3.63) is 28.2 Å². The number of ether oxygens (including phenoxy) is 1. The third-order valence-corrected chi connectivity index (χ3v) is 3.43. The van der Waals surface area contributed by atoms with Crippen molar-refractivity contribution in [2.45, 2.75) is 19.3 Å². The highest BCUT2D eigenvalue weighted by molar-refractivity contribution is 6.35. The third-order valence-electron chi connectivity index (χ3n) is 2.90. The molecule has 0 saturated carbocycles. The molecule has 1 heterocycles. The normalized spacial score (nSPS) is 14.2. The fraction of sp³-hybridized carbons (Fsp3) is 0.462. The van der Waals surface area contributed by atoms with Gasteiger partial charge in [-0.25, -0.2) is 0 Å². The number of likely N-dealkylation sites (tertiary alicyclic amines) is 1. The molecule has 1 aliphatic rings. The van der Waals surface area contributed by atoms with E-state index in [0.717, 1.165) is 19.5 Å². The van der Waals surface area contributed by atoms with Crippen LogP contribution in [0.5, 0.6) is 5.75 Å². The number of carbonyl (C=O) groups is 1. The first-order valence-electron chi connectivity index (χ1n) is 6.02. The van der Waals surface area contributed by atoms with Crippen molar-refractivity contribution in [3.63, 3.8) is 0 Å². The summed E-state index contributed by atoms with van der Waals surface area (Å²) in [4.78, 5) is 13.4. The second-order valence-corrected chi connectivity index (χ2v) is 5.10. The maximum absolute atomic E-state index is 11.6. The van der Waals surface area contributed by atoms with E-state index >= 15 is 0 Å². The van der Waals surface area contributed by atoms with E-state index in [1.807, 2.05) is 4.90 Å². The van der Waals surface area contributed by atoms with Gasteiger partial charge in [0.2, 0.25) is 5.91 Å². The van der Waals surface area contributed by atoms with Gasteiger partial charge in [0.1, 0.15) is 5.75 Å². The summed E-state index contributed by atoms with van der Waals surface area (Å²) in [6.45, 7) is 2.30. The molecule has 1 saturated heterocycles. The molecule has 0 aliphatic carbocycles. The fourth-order valence-electron chi connectivity index (χ4n) is 1.72. The molecule has 0 radical (unpaired) electrons. The molecule has 0 atom stereocenters. The van der Waals surface area contributed by atoms with Crippen LogP contribution in [0.4, 0.5) is 0 Å². The highest BCUT2D eigenvalue weighted by atomic mass is 35.5. The molecule has 98 valence electrons. The minimum Gasteiger partial charge on any atom is -0.492 e. The molecule has 0 N–H and O–H groups in total. The maximum Gasteiger partial charge on any atom is 0.222 e. The molecule has 0 bridgehead atoms. The van der Waals surface area contributed by atoms with Crippen molar-refractivity contribution in [1.29, 1.82) is 0 Å². The fourth-order valence-corrected chi connectivity index (χ4v) is 2.18. The monoisotopic (exact) mass is 287 g/mol. The quantitative estimate of drug-likeness (QED) is 0.777. The lowest BCUT2D eigenvalue weighted by atomic mass is 10.2. The van der Waals surface area contributed by atoms with Gasteiger partial charge in [0.15, 0.2) is 0 Å². The summed E-state index contributed by atoms with van der Waals surface area (Å²) in [6.07, 6.45) is 2.36. The predicted octanol–water partition coefficient (Wildman–Crippen LogP) is 3.38. The van der Waals surface area contributed by atoms with E-state index in [-0.39, 0.29) is 5.91 Å². The lowest BCUT2D eigenvalue weighted by Crippen LogP contribution is -2.42. The molecule has 2 rings (SSSR count). The van der Waals surface area contributed by atoms with E-state index in [2.05, 4.69) is 0 Å². The highest BCUT2D eigenvalue weighted by Crippen LogP contribution is 2.27. The average molecular weight is 288 g/mol. The Balaban J connectivity index is 1.70. The topological polar surface area (TPSA) is 29.5 Å². The molecule has 1 aromatic carbocycles. The van der Waals surface area contributed by atoms with Crippen molar-refractivity contribution < 1.29 is 9.53 Å². The van der Waals surface area contributed by atoms with Gasteiger partial charge in [0.05, 0.1) is 11.6 Å². The number of hydrogen-bond donors (Lipinski definition) is 0. The molecule has 3 nitrogen and oxygen atoms in total. The molecule has 1 fully saturated rings. The second-order valence-electron chi connectivity index (χ2n) is 4.26. The summed E-state index contributed by atoms with van der Waals surface area (Å²) in [5.74, 6) is 0.824. The van der Waals surface area contributed by atoms with Crippen LogP contribution in [-0.2, 0) is 4.79 Å². The zero-order valence-corrected chi connectivity index (χ0v) is 11.5. The highest BCUT2D eigenvalue weighted by Gasteiger charge is 2.19. The first kappa shape index (κ1) is 13.5. The van der Waals surface area contributed by atoms with Crippen LogP contribution in [-0.4, -0.2) is 30.5 Å². The first-order chi connectivity index (χ1) is 8.66. The van der Waals surface area contributed by atoms with Crippen molar-refractivity contribution >= 4 is 29.1 Å². The Hall–Kier alpha value is -0.930. The molecule has 18 heavy (non-hydrogen) atoms. The van der Waals surface area contributed by atoms with E-state index < -0.39 is 0 Å². The molecule has 0 unspecified atom stereocenters. The molecule has 1 aliphatic heterocycles. The van der Waals surface area contributed by atoms with Crippen LogP contribution in [0.1, 0.15) is 19.3 Å². The number of amides is 1. The molecule has 0 spiro atoms. The number of benzene rings is 1. The Morgan fingerprint density at radius 2 is 2.11 bits per heavy atom. The van der Waals surface area contributed by atoms with Crippen LogP contribution in [0, 0.1) is 0 Å². The Labute approximate surface area is 117 Å². The Kier molecular flexibility index (Phi) is 4.72. The van der Waals surface area contributed by atoms with Crippen molar-refractivity contribution in [2.24, 2.45) is 0 Å². The van der Waals surface area contributed by atoms with Crippen LogP contribution in [0.15, 0.2) is 18.2 Å². The van der Waals surface area contributed by atoms with Gasteiger partial charge in [-0.3, -0.25) is 4.79 Å². The van der Waals surface area contributed by atoms with Crippen molar-refractivity contribution in [3.8, 4) is 5.75 Å². The summed E-state index contributed by atoms with van der Waals surface area (Å²) < 4.78 is 5.51. The Morgan fingerprint density at radius 3 is 2.72 bits per heavy atom. The van der Waals surface area contributed by atoms with Gasteiger partial charge in [0.25, 0.3) is 0 Å². The van der Waals surface area contributed by atoms with E-state index in [9.17, 15) is 4.79 Å². The van der Waals surface area contributed by atoms with Crippen LogP contribution >= 0.6 is 23.2 Å². The van der Waals surface area contributed by atoms with Crippen LogP contribution in [0.2, 0.25) is 10.0 Å². The molecular formula is C13H15Cl2NO2. The van der Waals surface area contributed by atoms with Gasteiger partial charge < -0.3 is 9.64 Å². The van der Waals surface area contributed by atoms with Crippen LogP contribution in [0.3, 0.4) is 0 Å². The molecular weight excluding hydrogens is 273 g/mol. The van der Waals surface area contributed by atoms with E-state index in [1.54, 1.807) is 18.2 Å². The zero-order chi connectivity index (χ0) is 13.0. The number of hydrogen-bond acceptors (Lipinski definition) is 2. The summed E-state index contributed by atoms with van der Waals surface area (Å²) in [5.41, 5.74) is 0. The summed E-state index contributed by atoms with van der Waals surface area (Å²) in [6, 6.07) is 5.11. The summed E-state index contributed by atoms with van der Waals surface area (Å²) in [7, 11) is 0. The zero-order valence-electron chi connectivity index (χ0n) is 9.99. The Morgan fingerprint density at radius 1 is 1.33 bits per heavy atom. The number of halogens is 2. The first-order valence-corrected chi connectivity index (χ1v) is 6.78. The van der Waals surface area contributed by atoms with Crippen molar-refractivity contribution in [2.75, 3.05) is 19.7 Å². The smallest absolute Gasteiger partial charge is 0.222 e. The van der Waals surface area contributed by atoms with Gasteiger partial charge in [0, 0.05) is 24.5 Å². The largest absolute Gasteiger partial charge is 0.492 e. The molecule has 0 aromatic heterocycles.